The molecule has 0 spiro atoms. The molecule has 3 nitrogen and oxygen atoms in total. The van der Waals surface area contributed by atoms with Gasteiger partial charge in [-0.15, -0.1) is 0 Å². The molecule has 0 saturated carbocycles. The molecule has 1 atom stereocenters. The SMILES string of the molecule is CCC(CSC)N(C)CCC(N)=O. The summed E-state index contributed by atoms with van der Waals surface area (Å²) in [5, 5.41) is 0. The van der Waals surface area contributed by atoms with Crippen LogP contribution in [-0.2, 0) is 4.79 Å². The summed E-state index contributed by atoms with van der Waals surface area (Å²) in [5.74, 6) is 0.900. The van der Waals surface area contributed by atoms with E-state index in [0.717, 1.165) is 18.7 Å². The maximum atomic E-state index is 10.6. The fraction of sp³-hybridized carbons (Fsp3) is 0.889. The molecule has 0 aliphatic heterocycles. The predicted molar refractivity (Wildman–Crippen MR) is 58.9 cm³/mol. The number of primary amides is 1. The van der Waals surface area contributed by atoms with Crippen molar-refractivity contribution in [1.82, 2.24) is 4.90 Å². The van der Waals surface area contributed by atoms with Gasteiger partial charge in [-0.3, -0.25) is 4.79 Å². The number of carbonyl (C=O) groups excluding carboxylic acids is 1. The van der Waals surface area contributed by atoms with E-state index in [1.165, 1.54) is 0 Å². The summed E-state index contributed by atoms with van der Waals surface area (Å²) in [6.45, 7) is 2.94. The Morgan fingerprint density at radius 3 is 2.62 bits per heavy atom. The second-order valence-electron chi connectivity index (χ2n) is 3.21. The fourth-order valence-corrected chi connectivity index (χ4v) is 2.09. The van der Waals surface area contributed by atoms with Crippen LogP contribution < -0.4 is 5.73 Å². The molecule has 0 saturated heterocycles. The Hall–Kier alpha value is -0.220. The summed E-state index contributed by atoms with van der Waals surface area (Å²) < 4.78 is 0. The molecule has 4 heteroatoms. The molecule has 1 amide bonds. The molecule has 0 aliphatic rings. The number of carbonyl (C=O) groups is 1. The topological polar surface area (TPSA) is 46.3 Å². The minimum Gasteiger partial charge on any atom is -0.370 e. The summed E-state index contributed by atoms with van der Waals surface area (Å²) in [6.07, 6.45) is 3.68. The molecule has 13 heavy (non-hydrogen) atoms. The largest absolute Gasteiger partial charge is 0.370 e. The van der Waals surface area contributed by atoms with Gasteiger partial charge >= 0.3 is 0 Å². The zero-order valence-corrected chi connectivity index (χ0v) is 9.56. The molecular weight excluding hydrogens is 184 g/mol. The van der Waals surface area contributed by atoms with E-state index < -0.39 is 0 Å². The van der Waals surface area contributed by atoms with Crippen LogP contribution in [0.15, 0.2) is 0 Å². The molecule has 0 aromatic rings. The lowest BCUT2D eigenvalue weighted by molar-refractivity contribution is -0.118. The third kappa shape index (κ3) is 5.93. The van der Waals surface area contributed by atoms with Gasteiger partial charge in [-0.2, -0.15) is 11.8 Å². The lowest BCUT2D eigenvalue weighted by atomic mass is 10.2. The summed E-state index contributed by atoms with van der Waals surface area (Å²) in [6, 6.07) is 0.564. The van der Waals surface area contributed by atoms with Gasteiger partial charge in [0.1, 0.15) is 0 Å². The second-order valence-corrected chi connectivity index (χ2v) is 4.13. The van der Waals surface area contributed by atoms with Crippen LogP contribution in [0.1, 0.15) is 19.8 Å². The Bertz CT molecular complexity index is 153. The number of nitrogens with zero attached hydrogens (tertiary/aromatic N) is 1. The summed E-state index contributed by atoms with van der Waals surface area (Å²) in [5.41, 5.74) is 5.09. The van der Waals surface area contributed by atoms with Crippen molar-refractivity contribution >= 4 is 17.7 Å². The molecule has 0 radical (unpaired) electrons. The van der Waals surface area contributed by atoms with Gasteiger partial charge in [0.15, 0.2) is 0 Å². The quantitative estimate of drug-likeness (QED) is 0.671. The molecule has 0 aromatic carbocycles. The van der Waals surface area contributed by atoms with Crippen LogP contribution in [0.2, 0.25) is 0 Å². The minimum atomic E-state index is -0.217. The highest BCUT2D eigenvalue weighted by Crippen LogP contribution is 2.08. The van der Waals surface area contributed by atoms with E-state index in [9.17, 15) is 4.79 Å². The Balaban J connectivity index is 3.76. The average molecular weight is 204 g/mol. The molecule has 0 rings (SSSR count). The van der Waals surface area contributed by atoms with Crippen LogP contribution in [-0.4, -0.2) is 42.4 Å². The average Bonchev–Trinajstić information content (AvgIpc) is 2.10. The molecular formula is C9H20N2OS. The van der Waals surface area contributed by atoms with Gasteiger partial charge in [0.05, 0.1) is 0 Å². The van der Waals surface area contributed by atoms with Gasteiger partial charge in [0, 0.05) is 24.8 Å². The van der Waals surface area contributed by atoms with E-state index in [0.29, 0.717) is 12.5 Å². The summed E-state index contributed by atoms with van der Waals surface area (Å²) in [4.78, 5) is 12.8. The van der Waals surface area contributed by atoms with Crippen molar-refractivity contribution in [2.24, 2.45) is 5.73 Å². The zero-order valence-electron chi connectivity index (χ0n) is 8.75. The molecule has 0 fully saturated rings. The van der Waals surface area contributed by atoms with Crippen molar-refractivity contribution in [3.8, 4) is 0 Å². The highest BCUT2D eigenvalue weighted by molar-refractivity contribution is 7.98. The van der Waals surface area contributed by atoms with Gasteiger partial charge in [-0.1, -0.05) is 6.92 Å². The number of hydrogen-bond donors (Lipinski definition) is 1. The first-order valence-electron chi connectivity index (χ1n) is 4.59. The van der Waals surface area contributed by atoms with Crippen molar-refractivity contribution in [2.75, 3.05) is 25.6 Å². The first kappa shape index (κ1) is 12.8. The van der Waals surface area contributed by atoms with Crippen LogP contribution in [0.25, 0.3) is 0 Å². The van der Waals surface area contributed by atoms with Crippen LogP contribution in [0.4, 0.5) is 0 Å². The van der Waals surface area contributed by atoms with Crippen molar-refractivity contribution < 1.29 is 4.79 Å². The van der Waals surface area contributed by atoms with Crippen LogP contribution >= 0.6 is 11.8 Å². The maximum absolute atomic E-state index is 10.6. The zero-order chi connectivity index (χ0) is 10.3. The molecule has 1 unspecified atom stereocenters. The normalized spacial score (nSPS) is 13.2. The van der Waals surface area contributed by atoms with Gasteiger partial charge in [0.2, 0.25) is 5.91 Å². The number of amides is 1. The number of nitrogens with two attached hydrogens (primary N) is 1. The van der Waals surface area contributed by atoms with Crippen molar-refractivity contribution in [2.45, 2.75) is 25.8 Å². The Morgan fingerprint density at radius 2 is 2.23 bits per heavy atom. The van der Waals surface area contributed by atoms with E-state index in [2.05, 4.69) is 18.1 Å². The first-order valence-corrected chi connectivity index (χ1v) is 5.98. The molecule has 2 N–H and O–H groups in total. The van der Waals surface area contributed by atoms with E-state index in [-0.39, 0.29) is 5.91 Å². The van der Waals surface area contributed by atoms with E-state index >= 15 is 0 Å². The Morgan fingerprint density at radius 1 is 1.62 bits per heavy atom. The molecule has 0 bridgehead atoms. The van der Waals surface area contributed by atoms with Gasteiger partial charge in [0.25, 0.3) is 0 Å². The van der Waals surface area contributed by atoms with Gasteiger partial charge in [-0.25, -0.2) is 0 Å². The highest BCUT2D eigenvalue weighted by atomic mass is 32.2. The highest BCUT2D eigenvalue weighted by Gasteiger charge is 2.11. The van der Waals surface area contributed by atoms with E-state index in [1.807, 2.05) is 18.8 Å². The molecule has 78 valence electrons. The van der Waals surface area contributed by atoms with E-state index in [4.69, 9.17) is 5.73 Å². The predicted octanol–water partition coefficient (Wildman–Crippen LogP) is 0.935. The fourth-order valence-electron chi connectivity index (χ4n) is 1.22. The Kier molecular flexibility index (Phi) is 7.09. The number of hydrogen-bond acceptors (Lipinski definition) is 3. The summed E-state index contributed by atoms with van der Waals surface area (Å²) >= 11 is 1.84. The third-order valence-corrected chi connectivity index (χ3v) is 2.88. The molecule has 0 heterocycles. The first-order chi connectivity index (χ1) is 6.11. The van der Waals surface area contributed by atoms with Crippen LogP contribution in [0.3, 0.4) is 0 Å². The van der Waals surface area contributed by atoms with Crippen molar-refractivity contribution in [3.63, 3.8) is 0 Å². The van der Waals surface area contributed by atoms with Crippen molar-refractivity contribution in [1.29, 1.82) is 0 Å². The van der Waals surface area contributed by atoms with E-state index in [1.54, 1.807) is 0 Å². The van der Waals surface area contributed by atoms with Gasteiger partial charge < -0.3 is 10.6 Å². The second kappa shape index (κ2) is 7.21. The summed E-state index contributed by atoms with van der Waals surface area (Å²) in [7, 11) is 2.05. The van der Waals surface area contributed by atoms with Crippen LogP contribution in [0.5, 0.6) is 0 Å². The maximum Gasteiger partial charge on any atom is 0.218 e. The third-order valence-electron chi connectivity index (χ3n) is 2.16. The lowest BCUT2D eigenvalue weighted by Crippen LogP contribution is -2.35. The number of thioether (sulfide) groups is 1. The molecule has 0 aliphatic carbocycles. The molecule has 0 aromatic heterocycles. The van der Waals surface area contributed by atoms with Crippen LogP contribution in [0, 0.1) is 0 Å². The standard InChI is InChI=1S/C9H20N2OS/c1-4-8(7-13-3)11(2)6-5-9(10)12/h8H,4-7H2,1-3H3,(H2,10,12). The monoisotopic (exact) mass is 204 g/mol. The lowest BCUT2D eigenvalue weighted by Gasteiger charge is -2.25. The Labute approximate surface area is 85.0 Å². The van der Waals surface area contributed by atoms with Gasteiger partial charge in [-0.05, 0) is 19.7 Å². The van der Waals surface area contributed by atoms with Crippen molar-refractivity contribution in [3.05, 3.63) is 0 Å². The number of rotatable bonds is 7. The minimum absolute atomic E-state index is 0.217. The smallest absolute Gasteiger partial charge is 0.218 e.